The molecule has 1 N–H and O–H groups in total. The minimum Gasteiger partial charge on any atom is -0.373 e. The Labute approximate surface area is 119 Å². The zero-order chi connectivity index (χ0) is 13.7. The van der Waals surface area contributed by atoms with Crippen LogP contribution in [-0.2, 0) is 4.74 Å². The van der Waals surface area contributed by atoms with Crippen LogP contribution in [0.15, 0.2) is 0 Å². The van der Waals surface area contributed by atoms with E-state index in [1.807, 2.05) is 0 Å². The normalized spacial score (nSPS) is 40.3. The Morgan fingerprint density at radius 2 is 1.68 bits per heavy atom. The second-order valence-corrected chi connectivity index (χ2v) is 7.06. The molecule has 0 spiro atoms. The highest BCUT2D eigenvalue weighted by Gasteiger charge is 2.31. The van der Waals surface area contributed by atoms with Crippen LogP contribution in [0, 0.1) is 11.8 Å². The van der Waals surface area contributed by atoms with E-state index in [2.05, 4.69) is 26.1 Å². The van der Waals surface area contributed by atoms with Crippen LogP contribution in [-0.4, -0.2) is 24.8 Å². The summed E-state index contributed by atoms with van der Waals surface area (Å²) in [4.78, 5) is 0. The Morgan fingerprint density at radius 3 is 2.37 bits per heavy atom. The first kappa shape index (κ1) is 15.3. The van der Waals surface area contributed by atoms with Crippen molar-refractivity contribution in [3.63, 3.8) is 0 Å². The molecule has 0 heterocycles. The van der Waals surface area contributed by atoms with Crippen LogP contribution in [0.3, 0.4) is 0 Å². The summed E-state index contributed by atoms with van der Waals surface area (Å²) in [6.45, 7) is 8.16. The highest BCUT2D eigenvalue weighted by atomic mass is 16.5. The molecule has 0 bridgehead atoms. The maximum absolute atomic E-state index is 6.52. The van der Waals surface area contributed by atoms with Crippen molar-refractivity contribution in [2.24, 2.45) is 11.8 Å². The zero-order valence-electron chi connectivity index (χ0n) is 13.2. The fourth-order valence-electron chi connectivity index (χ4n) is 4.05. The number of hydrogen-bond acceptors (Lipinski definition) is 2. The molecule has 112 valence electrons. The standard InChI is InChI=1S/C17H33NO/c1-4-9-18-16-7-5-6-8-17(16)19-15-11-13(2)10-14(3)12-15/h13-18H,4-12H2,1-3H3. The van der Waals surface area contributed by atoms with E-state index in [0.717, 1.165) is 18.4 Å². The Morgan fingerprint density at radius 1 is 1.00 bits per heavy atom. The van der Waals surface area contributed by atoms with Gasteiger partial charge in [0.1, 0.15) is 0 Å². The minimum atomic E-state index is 0.475. The Bertz CT molecular complexity index is 246. The van der Waals surface area contributed by atoms with Crippen LogP contribution in [0.25, 0.3) is 0 Å². The third-order valence-electron chi connectivity index (χ3n) is 4.86. The van der Waals surface area contributed by atoms with Crippen LogP contribution < -0.4 is 5.32 Å². The van der Waals surface area contributed by atoms with Crippen molar-refractivity contribution in [2.45, 2.75) is 90.4 Å². The van der Waals surface area contributed by atoms with E-state index in [0.29, 0.717) is 18.2 Å². The highest BCUT2D eigenvalue weighted by molar-refractivity contribution is 4.84. The third kappa shape index (κ3) is 4.75. The van der Waals surface area contributed by atoms with Gasteiger partial charge < -0.3 is 10.1 Å². The SMILES string of the molecule is CCCNC1CCCCC1OC1CC(C)CC(C)C1. The van der Waals surface area contributed by atoms with Crippen LogP contribution in [0.4, 0.5) is 0 Å². The van der Waals surface area contributed by atoms with Crippen molar-refractivity contribution in [2.75, 3.05) is 6.54 Å². The molecule has 0 radical (unpaired) electrons. The molecule has 2 rings (SSSR count). The summed E-state index contributed by atoms with van der Waals surface area (Å²) in [6.07, 6.45) is 11.5. The van der Waals surface area contributed by atoms with Gasteiger partial charge >= 0.3 is 0 Å². The lowest BCUT2D eigenvalue weighted by atomic mass is 9.81. The van der Waals surface area contributed by atoms with Crippen molar-refractivity contribution < 1.29 is 4.74 Å². The summed E-state index contributed by atoms with van der Waals surface area (Å²) in [7, 11) is 0. The van der Waals surface area contributed by atoms with Gasteiger partial charge in [0, 0.05) is 6.04 Å². The molecule has 0 aliphatic heterocycles. The van der Waals surface area contributed by atoms with Crippen molar-refractivity contribution in [3.8, 4) is 0 Å². The quantitative estimate of drug-likeness (QED) is 0.808. The maximum Gasteiger partial charge on any atom is 0.0731 e. The first-order valence-electron chi connectivity index (χ1n) is 8.57. The Kier molecular flexibility index (Phi) is 6.15. The Balaban J connectivity index is 1.84. The van der Waals surface area contributed by atoms with E-state index in [9.17, 15) is 0 Å². The average molecular weight is 267 g/mol. The van der Waals surface area contributed by atoms with E-state index in [1.165, 1.54) is 51.4 Å². The lowest BCUT2D eigenvalue weighted by Gasteiger charge is -2.38. The second kappa shape index (κ2) is 7.64. The Hall–Kier alpha value is -0.0800. The van der Waals surface area contributed by atoms with Gasteiger partial charge in [0.15, 0.2) is 0 Å². The maximum atomic E-state index is 6.52. The summed E-state index contributed by atoms with van der Waals surface area (Å²) >= 11 is 0. The minimum absolute atomic E-state index is 0.475. The lowest BCUT2D eigenvalue weighted by Crippen LogP contribution is -2.46. The van der Waals surface area contributed by atoms with Gasteiger partial charge in [-0.1, -0.05) is 33.6 Å². The molecule has 4 atom stereocenters. The van der Waals surface area contributed by atoms with Crippen molar-refractivity contribution in [3.05, 3.63) is 0 Å². The molecule has 2 fully saturated rings. The number of ether oxygens (including phenoxy) is 1. The molecule has 0 aromatic rings. The lowest BCUT2D eigenvalue weighted by molar-refractivity contribution is -0.0748. The van der Waals surface area contributed by atoms with Gasteiger partial charge in [-0.3, -0.25) is 0 Å². The van der Waals surface area contributed by atoms with Crippen molar-refractivity contribution >= 4 is 0 Å². The van der Waals surface area contributed by atoms with Crippen LogP contribution >= 0.6 is 0 Å². The molecule has 2 saturated carbocycles. The molecule has 4 unspecified atom stereocenters. The fourth-order valence-corrected chi connectivity index (χ4v) is 4.05. The zero-order valence-corrected chi connectivity index (χ0v) is 13.2. The van der Waals surface area contributed by atoms with Crippen LogP contribution in [0.1, 0.15) is 72.1 Å². The monoisotopic (exact) mass is 267 g/mol. The van der Waals surface area contributed by atoms with Gasteiger partial charge in [-0.05, 0) is 56.9 Å². The molecule has 0 saturated heterocycles. The highest BCUT2D eigenvalue weighted by Crippen LogP contribution is 2.33. The molecule has 0 aromatic carbocycles. The fraction of sp³-hybridized carbons (Fsp3) is 1.00. The summed E-state index contributed by atoms with van der Waals surface area (Å²) in [5.41, 5.74) is 0. The van der Waals surface area contributed by atoms with Gasteiger partial charge in [0.2, 0.25) is 0 Å². The van der Waals surface area contributed by atoms with Crippen LogP contribution in [0.2, 0.25) is 0 Å². The number of hydrogen-bond donors (Lipinski definition) is 1. The number of nitrogens with one attached hydrogen (secondary N) is 1. The summed E-state index contributed by atoms with van der Waals surface area (Å²) < 4.78 is 6.52. The summed E-state index contributed by atoms with van der Waals surface area (Å²) in [5, 5.41) is 3.71. The molecule has 19 heavy (non-hydrogen) atoms. The smallest absolute Gasteiger partial charge is 0.0731 e. The van der Waals surface area contributed by atoms with Gasteiger partial charge in [-0.25, -0.2) is 0 Å². The molecule has 2 aliphatic rings. The third-order valence-corrected chi connectivity index (χ3v) is 4.86. The molecular weight excluding hydrogens is 234 g/mol. The molecule has 2 nitrogen and oxygen atoms in total. The predicted octanol–water partition coefficient (Wildman–Crippen LogP) is 4.14. The first-order valence-corrected chi connectivity index (χ1v) is 8.57. The van der Waals surface area contributed by atoms with Gasteiger partial charge in [0.05, 0.1) is 12.2 Å². The first-order chi connectivity index (χ1) is 9.19. The van der Waals surface area contributed by atoms with E-state index < -0.39 is 0 Å². The average Bonchev–Trinajstić information content (AvgIpc) is 2.36. The molecule has 0 amide bonds. The van der Waals surface area contributed by atoms with Gasteiger partial charge in [0.25, 0.3) is 0 Å². The molecular formula is C17H33NO. The largest absolute Gasteiger partial charge is 0.373 e. The van der Waals surface area contributed by atoms with Gasteiger partial charge in [-0.15, -0.1) is 0 Å². The van der Waals surface area contributed by atoms with Gasteiger partial charge in [-0.2, -0.15) is 0 Å². The van der Waals surface area contributed by atoms with Crippen molar-refractivity contribution in [1.29, 1.82) is 0 Å². The van der Waals surface area contributed by atoms with E-state index >= 15 is 0 Å². The second-order valence-electron chi connectivity index (χ2n) is 7.06. The molecule has 2 aliphatic carbocycles. The van der Waals surface area contributed by atoms with E-state index in [1.54, 1.807) is 0 Å². The predicted molar refractivity (Wildman–Crippen MR) is 81.4 cm³/mol. The number of rotatable bonds is 5. The molecule has 0 aromatic heterocycles. The van der Waals surface area contributed by atoms with Crippen molar-refractivity contribution in [1.82, 2.24) is 5.32 Å². The topological polar surface area (TPSA) is 21.3 Å². The van der Waals surface area contributed by atoms with E-state index in [-0.39, 0.29) is 0 Å². The van der Waals surface area contributed by atoms with Crippen LogP contribution in [0.5, 0.6) is 0 Å². The molecule has 2 heteroatoms. The van der Waals surface area contributed by atoms with E-state index in [4.69, 9.17) is 4.74 Å². The summed E-state index contributed by atoms with van der Waals surface area (Å²) in [6, 6.07) is 0.612. The summed E-state index contributed by atoms with van der Waals surface area (Å²) in [5.74, 6) is 1.69.